The van der Waals surface area contributed by atoms with Gasteiger partial charge in [-0.3, -0.25) is 4.79 Å². The quantitative estimate of drug-likeness (QED) is 0.875. The molecule has 0 radical (unpaired) electrons. The first-order chi connectivity index (χ1) is 10.6. The van der Waals surface area contributed by atoms with E-state index in [-0.39, 0.29) is 17.9 Å². The number of amides is 1. The Hall–Kier alpha value is -1.10. The van der Waals surface area contributed by atoms with Crippen molar-refractivity contribution < 1.29 is 4.79 Å². The van der Waals surface area contributed by atoms with Crippen molar-refractivity contribution in [2.24, 2.45) is 0 Å². The highest BCUT2D eigenvalue weighted by atomic mass is 35.5. The van der Waals surface area contributed by atoms with Crippen LogP contribution in [0.4, 0.5) is 0 Å². The van der Waals surface area contributed by atoms with Crippen LogP contribution in [0.15, 0.2) is 17.6 Å². The fourth-order valence-corrected chi connectivity index (χ4v) is 5.15. The molecule has 2 atom stereocenters. The van der Waals surface area contributed by atoms with Gasteiger partial charge < -0.3 is 5.32 Å². The van der Waals surface area contributed by atoms with Crippen LogP contribution < -0.4 is 5.32 Å². The number of carbonyl (C=O) groups is 1. The predicted octanol–water partition coefficient (Wildman–Crippen LogP) is 4.28. The van der Waals surface area contributed by atoms with Gasteiger partial charge in [0, 0.05) is 14.9 Å². The Morgan fingerprint density at radius 1 is 1.27 bits per heavy atom. The van der Waals surface area contributed by atoms with Crippen molar-refractivity contribution in [1.82, 2.24) is 10.3 Å². The molecule has 1 heterocycles. The van der Waals surface area contributed by atoms with Gasteiger partial charge in [0.15, 0.2) is 0 Å². The maximum atomic E-state index is 12.6. The van der Waals surface area contributed by atoms with E-state index < -0.39 is 0 Å². The number of nitrogens with zero attached hydrogens (tertiary/aromatic N) is 1. The van der Waals surface area contributed by atoms with E-state index in [2.05, 4.69) is 10.3 Å². The van der Waals surface area contributed by atoms with Crippen LogP contribution in [-0.4, -0.2) is 10.9 Å². The number of nitrogens with one attached hydrogen (secondary N) is 1. The Morgan fingerprint density at radius 3 is 3.00 bits per heavy atom. The zero-order chi connectivity index (χ0) is 15.3. The second-order valence-corrected chi connectivity index (χ2v) is 7.54. The van der Waals surface area contributed by atoms with Crippen molar-refractivity contribution in [3.63, 3.8) is 0 Å². The Morgan fingerprint density at radius 2 is 2.14 bits per heavy atom. The molecule has 2 unspecified atom stereocenters. The van der Waals surface area contributed by atoms with E-state index in [0.29, 0.717) is 10.0 Å². The van der Waals surface area contributed by atoms with E-state index >= 15 is 0 Å². The first-order valence-corrected chi connectivity index (χ1v) is 8.97. The maximum absolute atomic E-state index is 12.6. The summed E-state index contributed by atoms with van der Waals surface area (Å²) in [5.41, 5.74) is 5.09. The summed E-state index contributed by atoms with van der Waals surface area (Å²) in [5.74, 6) is 0.0319. The Kier molecular flexibility index (Phi) is 3.63. The van der Waals surface area contributed by atoms with Crippen LogP contribution in [-0.2, 0) is 17.6 Å². The fraction of sp³-hybridized carbons (Fsp3) is 0.375. The van der Waals surface area contributed by atoms with Crippen LogP contribution in [0.3, 0.4) is 0 Å². The molecule has 0 bridgehead atoms. The largest absolute Gasteiger partial charge is 0.349 e. The third-order valence-corrected chi connectivity index (χ3v) is 6.04. The number of thiazole rings is 1. The molecule has 0 saturated heterocycles. The van der Waals surface area contributed by atoms with E-state index in [0.717, 1.165) is 47.4 Å². The van der Waals surface area contributed by atoms with Gasteiger partial charge in [-0.05, 0) is 48.9 Å². The monoisotopic (exact) mass is 352 g/mol. The summed E-state index contributed by atoms with van der Waals surface area (Å²) in [7, 11) is 0. The van der Waals surface area contributed by atoms with Gasteiger partial charge in [0.25, 0.3) is 0 Å². The van der Waals surface area contributed by atoms with E-state index in [1.807, 2.05) is 11.6 Å². The molecular formula is C16H14Cl2N2OS. The van der Waals surface area contributed by atoms with Crippen molar-refractivity contribution in [2.75, 3.05) is 0 Å². The molecule has 2 aliphatic carbocycles. The number of aryl methyl sites for hydroxylation is 2. The fourth-order valence-electron chi connectivity index (χ4n) is 3.51. The maximum Gasteiger partial charge on any atom is 0.228 e. The van der Waals surface area contributed by atoms with Crippen LogP contribution >= 0.6 is 34.5 Å². The number of hydrogen-bond acceptors (Lipinski definition) is 3. The van der Waals surface area contributed by atoms with Crippen molar-refractivity contribution >= 4 is 40.4 Å². The molecule has 3 nitrogen and oxygen atoms in total. The van der Waals surface area contributed by atoms with Crippen molar-refractivity contribution in [1.29, 1.82) is 0 Å². The summed E-state index contributed by atoms with van der Waals surface area (Å²) in [6.07, 6.45) is 3.53. The van der Waals surface area contributed by atoms with Crippen LogP contribution in [0.25, 0.3) is 0 Å². The minimum Gasteiger partial charge on any atom is -0.349 e. The Bertz CT molecular complexity index is 759. The molecule has 0 spiro atoms. The first kappa shape index (κ1) is 14.5. The summed E-state index contributed by atoms with van der Waals surface area (Å²) < 4.78 is 0. The molecule has 6 heteroatoms. The van der Waals surface area contributed by atoms with Gasteiger partial charge >= 0.3 is 0 Å². The van der Waals surface area contributed by atoms with Crippen molar-refractivity contribution in [2.45, 2.75) is 37.6 Å². The lowest BCUT2D eigenvalue weighted by Crippen LogP contribution is -2.31. The van der Waals surface area contributed by atoms with Crippen LogP contribution in [0.2, 0.25) is 10.0 Å². The Balaban J connectivity index is 1.56. The second-order valence-electron chi connectivity index (χ2n) is 5.81. The Labute approximate surface area is 142 Å². The molecule has 0 fully saturated rings. The molecule has 114 valence electrons. The van der Waals surface area contributed by atoms with E-state index in [1.165, 1.54) is 0 Å². The molecule has 1 N–H and O–H groups in total. The van der Waals surface area contributed by atoms with Gasteiger partial charge in [-0.2, -0.15) is 0 Å². The SMILES string of the molecule is O=C(NC1CCc2cc(Cl)cc(Cl)c21)C1CCc2ncsc21. The molecule has 1 aromatic carbocycles. The summed E-state index contributed by atoms with van der Waals surface area (Å²) in [4.78, 5) is 18.1. The molecule has 2 aromatic rings. The summed E-state index contributed by atoms with van der Waals surface area (Å²) >= 11 is 14.0. The van der Waals surface area contributed by atoms with Crippen LogP contribution in [0.1, 0.15) is 46.5 Å². The van der Waals surface area contributed by atoms with Gasteiger partial charge in [-0.1, -0.05) is 23.2 Å². The molecule has 22 heavy (non-hydrogen) atoms. The third-order valence-electron chi connectivity index (χ3n) is 4.52. The van der Waals surface area contributed by atoms with Gasteiger partial charge in [0.1, 0.15) is 0 Å². The number of fused-ring (bicyclic) bond motifs is 2. The number of aromatic nitrogens is 1. The number of benzene rings is 1. The average molecular weight is 353 g/mol. The zero-order valence-corrected chi connectivity index (χ0v) is 14.1. The van der Waals surface area contributed by atoms with Gasteiger partial charge in [-0.15, -0.1) is 11.3 Å². The van der Waals surface area contributed by atoms with E-state index in [1.54, 1.807) is 17.4 Å². The lowest BCUT2D eigenvalue weighted by atomic mass is 10.0. The normalized spacial score (nSPS) is 22.5. The smallest absolute Gasteiger partial charge is 0.228 e. The molecule has 1 aromatic heterocycles. The summed E-state index contributed by atoms with van der Waals surface area (Å²) in [6, 6.07) is 3.69. The predicted molar refractivity (Wildman–Crippen MR) is 88.8 cm³/mol. The van der Waals surface area contributed by atoms with Gasteiger partial charge in [0.05, 0.1) is 23.2 Å². The third kappa shape index (κ3) is 2.34. The molecule has 1 amide bonds. The summed E-state index contributed by atoms with van der Waals surface area (Å²) in [5, 5.41) is 4.48. The minimum atomic E-state index is -0.0578. The highest BCUT2D eigenvalue weighted by Crippen LogP contribution is 2.40. The lowest BCUT2D eigenvalue weighted by molar-refractivity contribution is -0.123. The number of rotatable bonds is 2. The van der Waals surface area contributed by atoms with Crippen molar-refractivity contribution in [3.8, 4) is 0 Å². The van der Waals surface area contributed by atoms with E-state index in [9.17, 15) is 4.79 Å². The molecular weight excluding hydrogens is 339 g/mol. The number of halogens is 2. The van der Waals surface area contributed by atoms with E-state index in [4.69, 9.17) is 23.2 Å². The average Bonchev–Trinajstić information content (AvgIpc) is 3.12. The number of hydrogen-bond donors (Lipinski definition) is 1. The standard InChI is InChI=1S/C16H14Cl2N2OS/c17-9-5-8-1-3-12(14(8)11(18)6-9)20-16(21)10-2-4-13-15(10)22-7-19-13/h5-7,10,12H,1-4H2,(H,20,21). The first-order valence-electron chi connectivity index (χ1n) is 7.34. The lowest BCUT2D eigenvalue weighted by Gasteiger charge is -2.18. The molecule has 0 saturated carbocycles. The van der Waals surface area contributed by atoms with Crippen LogP contribution in [0.5, 0.6) is 0 Å². The minimum absolute atomic E-state index is 0.00996. The highest BCUT2D eigenvalue weighted by Gasteiger charge is 2.34. The highest BCUT2D eigenvalue weighted by molar-refractivity contribution is 7.10. The molecule has 0 aliphatic heterocycles. The summed E-state index contributed by atoms with van der Waals surface area (Å²) in [6.45, 7) is 0. The topological polar surface area (TPSA) is 42.0 Å². The van der Waals surface area contributed by atoms with Crippen LogP contribution in [0, 0.1) is 0 Å². The van der Waals surface area contributed by atoms with Gasteiger partial charge in [-0.25, -0.2) is 4.98 Å². The second kappa shape index (κ2) is 5.52. The van der Waals surface area contributed by atoms with Gasteiger partial charge in [0.2, 0.25) is 5.91 Å². The van der Waals surface area contributed by atoms with Crippen molar-refractivity contribution in [3.05, 3.63) is 49.4 Å². The number of carbonyl (C=O) groups excluding carboxylic acids is 1. The molecule has 2 aliphatic rings. The zero-order valence-electron chi connectivity index (χ0n) is 11.7. The molecule has 4 rings (SSSR count).